The van der Waals surface area contributed by atoms with Gasteiger partial charge in [0.2, 0.25) is 0 Å². The molecule has 0 atom stereocenters. The molecule has 0 unspecified atom stereocenters. The van der Waals surface area contributed by atoms with Crippen LogP contribution in [0.2, 0.25) is 5.02 Å². The minimum Gasteiger partial charge on any atom is -0.340 e. The van der Waals surface area contributed by atoms with Crippen molar-refractivity contribution in [3.05, 3.63) is 83.0 Å². The molecule has 4 heteroatoms. The fourth-order valence-electron chi connectivity index (χ4n) is 2.78. The molecule has 3 nitrogen and oxygen atoms in total. The quantitative estimate of drug-likeness (QED) is 0.571. The van der Waals surface area contributed by atoms with Gasteiger partial charge >= 0.3 is 0 Å². The van der Waals surface area contributed by atoms with Crippen LogP contribution in [0.5, 0.6) is 0 Å². The van der Waals surface area contributed by atoms with Crippen LogP contribution < -0.4 is 5.32 Å². The summed E-state index contributed by atoms with van der Waals surface area (Å²) in [5.74, 6) is 1.40. The van der Waals surface area contributed by atoms with Crippen LogP contribution in [0.15, 0.2) is 61.2 Å². The van der Waals surface area contributed by atoms with E-state index in [9.17, 15) is 0 Å². The molecule has 0 aliphatic carbocycles. The first-order valence-electron chi connectivity index (χ1n) is 8.74. The lowest BCUT2D eigenvalue weighted by molar-refractivity contribution is 0.864. The van der Waals surface area contributed by atoms with Gasteiger partial charge in [-0.3, -0.25) is 0 Å². The van der Waals surface area contributed by atoms with Crippen LogP contribution in [0.4, 0.5) is 5.82 Å². The molecule has 1 aromatic heterocycles. The summed E-state index contributed by atoms with van der Waals surface area (Å²) in [5.41, 5.74) is 4.74. The van der Waals surface area contributed by atoms with E-state index in [0.717, 1.165) is 46.7 Å². The number of halogens is 1. The van der Waals surface area contributed by atoms with E-state index in [0.29, 0.717) is 10.8 Å². The van der Waals surface area contributed by atoms with Gasteiger partial charge in [0, 0.05) is 22.5 Å². The second-order valence-electron chi connectivity index (χ2n) is 6.17. The lowest BCUT2D eigenvalue weighted by atomic mass is 10.1. The first kappa shape index (κ1) is 18.2. The molecule has 0 fully saturated rings. The van der Waals surface area contributed by atoms with Crippen molar-refractivity contribution >= 4 is 23.1 Å². The summed E-state index contributed by atoms with van der Waals surface area (Å²) in [4.78, 5) is 9.51. The highest BCUT2D eigenvalue weighted by molar-refractivity contribution is 6.33. The molecule has 0 saturated heterocycles. The minimum atomic E-state index is 0.632. The maximum Gasteiger partial charge on any atom is 0.163 e. The van der Waals surface area contributed by atoms with Gasteiger partial charge in [-0.1, -0.05) is 74.0 Å². The third kappa shape index (κ3) is 3.94. The van der Waals surface area contributed by atoms with Crippen molar-refractivity contribution in [2.24, 2.45) is 0 Å². The van der Waals surface area contributed by atoms with E-state index >= 15 is 0 Å². The zero-order valence-electron chi connectivity index (χ0n) is 15.1. The highest BCUT2D eigenvalue weighted by atomic mass is 35.5. The van der Waals surface area contributed by atoms with Gasteiger partial charge in [0.1, 0.15) is 5.82 Å². The first-order chi connectivity index (χ1) is 12.6. The summed E-state index contributed by atoms with van der Waals surface area (Å²) < 4.78 is 0. The van der Waals surface area contributed by atoms with Gasteiger partial charge < -0.3 is 5.32 Å². The average molecular weight is 364 g/mol. The molecule has 0 aliphatic heterocycles. The van der Waals surface area contributed by atoms with E-state index in [1.807, 2.05) is 61.5 Å². The van der Waals surface area contributed by atoms with E-state index in [-0.39, 0.29) is 0 Å². The Hall–Kier alpha value is -2.65. The van der Waals surface area contributed by atoms with Crippen LogP contribution in [0.3, 0.4) is 0 Å². The Balaban J connectivity index is 2.03. The number of hydrogen-bond donors (Lipinski definition) is 1. The average Bonchev–Trinajstić information content (AvgIpc) is 2.66. The van der Waals surface area contributed by atoms with Gasteiger partial charge in [-0.15, -0.1) is 0 Å². The van der Waals surface area contributed by atoms with Gasteiger partial charge in [-0.05, 0) is 31.0 Å². The van der Waals surface area contributed by atoms with Crippen molar-refractivity contribution in [1.29, 1.82) is 0 Å². The van der Waals surface area contributed by atoms with Crippen LogP contribution in [0.1, 0.15) is 30.2 Å². The molecular formula is C22H22ClN3. The van der Waals surface area contributed by atoms with Gasteiger partial charge in [-0.25, -0.2) is 9.97 Å². The second-order valence-corrected chi connectivity index (χ2v) is 6.57. The van der Waals surface area contributed by atoms with Crippen molar-refractivity contribution < 1.29 is 0 Å². The molecule has 2 aromatic carbocycles. The molecule has 3 aromatic rings. The molecule has 0 amide bonds. The first-order valence-corrected chi connectivity index (χ1v) is 9.11. The fourth-order valence-corrected chi connectivity index (χ4v) is 3.00. The maximum atomic E-state index is 6.36. The second kappa shape index (κ2) is 8.15. The predicted octanol–water partition coefficient (Wildman–Crippen LogP) is 6.14. The van der Waals surface area contributed by atoms with Crippen LogP contribution >= 0.6 is 11.6 Å². The normalized spacial score (nSPS) is 10.6. The molecule has 1 heterocycles. The summed E-state index contributed by atoms with van der Waals surface area (Å²) in [6.45, 7) is 8.35. The smallest absolute Gasteiger partial charge is 0.163 e. The van der Waals surface area contributed by atoms with Crippen LogP contribution in [0, 0.1) is 6.92 Å². The Bertz CT molecular complexity index is 920. The van der Waals surface area contributed by atoms with E-state index < -0.39 is 0 Å². The van der Waals surface area contributed by atoms with Gasteiger partial charge in [-0.2, -0.15) is 0 Å². The van der Waals surface area contributed by atoms with E-state index in [2.05, 4.69) is 18.8 Å². The van der Waals surface area contributed by atoms with Crippen LogP contribution in [-0.4, -0.2) is 9.97 Å². The lowest BCUT2D eigenvalue weighted by Crippen LogP contribution is -2.07. The molecule has 0 spiro atoms. The number of hydrogen-bond acceptors (Lipinski definition) is 3. The van der Waals surface area contributed by atoms with Crippen molar-refractivity contribution in [2.75, 3.05) is 5.32 Å². The fraction of sp³-hybridized carbons (Fsp3) is 0.182. The van der Waals surface area contributed by atoms with E-state index in [4.69, 9.17) is 21.6 Å². The number of rotatable bonds is 6. The minimum absolute atomic E-state index is 0.632. The summed E-state index contributed by atoms with van der Waals surface area (Å²) >= 11 is 6.36. The zero-order chi connectivity index (χ0) is 18.5. The molecule has 1 N–H and O–H groups in total. The number of anilines is 1. The molecule has 3 rings (SSSR count). The maximum absolute atomic E-state index is 6.36. The standard InChI is InChI=1S/C22H22ClN3/c1-4-10-20-15(2)21(24-16(3)17-11-6-5-7-12-17)26-22(25-20)18-13-8-9-14-19(18)23/h5-9,11-14H,3-4,10H2,1-2H3,(H,24,25,26). The van der Waals surface area contributed by atoms with Gasteiger partial charge in [0.15, 0.2) is 5.82 Å². The third-order valence-electron chi connectivity index (χ3n) is 4.24. The number of aromatic nitrogens is 2. The van der Waals surface area contributed by atoms with Gasteiger partial charge in [0.25, 0.3) is 0 Å². The number of aryl methyl sites for hydroxylation is 1. The molecule has 0 bridgehead atoms. The van der Waals surface area contributed by atoms with Crippen LogP contribution in [-0.2, 0) is 6.42 Å². The molecule has 0 radical (unpaired) electrons. The molecule has 0 saturated carbocycles. The molecular weight excluding hydrogens is 342 g/mol. The van der Waals surface area contributed by atoms with Gasteiger partial charge in [0.05, 0.1) is 5.02 Å². The highest BCUT2D eigenvalue weighted by Gasteiger charge is 2.14. The Morgan fingerprint density at radius 2 is 1.73 bits per heavy atom. The summed E-state index contributed by atoms with van der Waals surface area (Å²) in [5, 5.41) is 4.01. The summed E-state index contributed by atoms with van der Waals surface area (Å²) in [6.07, 6.45) is 1.90. The summed E-state index contributed by atoms with van der Waals surface area (Å²) in [7, 11) is 0. The molecule has 0 aliphatic rings. The Morgan fingerprint density at radius 1 is 1.04 bits per heavy atom. The summed E-state index contributed by atoms with van der Waals surface area (Å²) in [6, 6.07) is 17.7. The predicted molar refractivity (Wildman–Crippen MR) is 110 cm³/mol. The zero-order valence-corrected chi connectivity index (χ0v) is 15.8. The topological polar surface area (TPSA) is 37.8 Å². The largest absolute Gasteiger partial charge is 0.340 e. The Labute approximate surface area is 159 Å². The number of nitrogens with one attached hydrogen (secondary N) is 1. The van der Waals surface area contributed by atoms with Crippen molar-refractivity contribution in [3.63, 3.8) is 0 Å². The number of benzene rings is 2. The van der Waals surface area contributed by atoms with E-state index in [1.165, 1.54) is 0 Å². The molecule has 132 valence electrons. The SMILES string of the molecule is C=C(Nc1nc(-c2ccccc2Cl)nc(CCC)c1C)c1ccccc1. The lowest BCUT2D eigenvalue weighted by Gasteiger charge is -2.16. The number of nitrogens with zero attached hydrogens (tertiary/aromatic N) is 2. The van der Waals surface area contributed by atoms with Crippen LogP contribution in [0.25, 0.3) is 17.1 Å². The van der Waals surface area contributed by atoms with Crippen molar-refractivity contribution in [2.45, 2.75) is 26.7 Å². The van der Waals surface area contributed by atoms with E-state index in [1.54, 1.807) is 0 Å². The molecule has 26 heavy (non-hydrogen) atoms. The Morgan fingerprint density at radius 3 is 2.42 bits per heavy atom. The third-order valence-corrected chi connectivity index (χ3v) is 4.57. The highest BCUT2D eigenvalue weighted by Crippen LogP contribution is 2.29. The van der Waals surface area contributed by atoms with Crippen molar-refractivity contribution in [3.8, 4) is 11.4 Å². The Kier molecular flexibility index (Phi) is 5.69. The monoisotopic (exact) mass is 363 g/mol. The van der Waals surface area contributed by atoms with Crippen molar-refractivity contribution in [1.82, 2.24) is 9.97 Å².